The Morgan fingerprint density at radius 3 is 2.68 bits per heavy atom. The van der Waals surface area contributed by atoms with Gasteiger partial charge in [0.15, 0.2) is 5.76 Å². The first-order chi connectivity index (χ1) is 16.5. The number of likely N-dealkylation sites (N-methyl/N-ethyl adjacent to an activating group) is 1. The van der Waals surface area contributed by atoms with Crippen molar-refractivity contribution in [3.63, 3.8) is 0 Å². The second-order valence-electron chi connectivity index (χ2n) is 9.04. The van der Waals surface area contributed by atoms with Gasteiger partial charge in [0.25, 0.3) is 5.91 Å². The van der Waals surface area contributed by atoms with Gasteiger partial charge in [-0.15, -0.1) is 0 Å². The van der Waals surface area contributed by atoms with E-state index in [1.54, 1.807) is 23.1 Å². The normalized spacial score (nSPS) is 21.3. The molecule has 2 aromatic rings. The van der Waals surface area contributed by atoms with Crippen molar-refractivity contribution in [2.24, 2.45) is 0 Å². The second-order valence-corrected chi connectivity index (χ2v) is 9.04. The van der Waals surface area contributed by atoms with Gasteiger partial charge in [0, 0.05) is 25.2 Å². The van der Waals surface area contributed by atoms with Crippen LogP contribution >= 0.6 is 0 Å². The lowest BCUT2D eigenvalue weighted by Crippen LogP contribution is -2.57. The van der Waals surface area contributed by atoms with E-state index in [9.17, 15) is 14.0 Å². The summed E-state index contributed by atoms with van der Waals surface area (Å²) in [5, 5.41) is 2.94. The van der Waals surface area contributed by atoms with Crippen LogP contribution in [0.3, 0.4) is 0 Å². The molecule has 4 rings (SSSR count). The molecule has 180 valence electrons. The van der Waals surface area contributed by atoms with Crippen LogP contribution in [0.5, 0.6) is 0 Å². The van der Waals surface area contributed by atoms with E-state index in [1.165, 1.54) is 17.7 Å². The molecule has 2 amide bonds. The molecule has 0 aromatic heterocycles. The molecule has 1 heterocycles. The zero-order valence-corrected chi connectivity index (χ0v) is 19.6. The summed E-state index contributed by atoms with van der Waals surface area (Å²) in [6.45, 7) is 1.96. The lowest BCUT2D eigenvalue weighted by Gasteiger charge is -2.44. The summed E-state index contributed by atoms with van der Waals surface area (Å²) in [4.78, 5) is 29.7. The van der Waals surface area contributed by atoms with Gasteiger partial charge in [-0.3, -0.25) is 9.59 Å². The van der Waals surface area contributed by atoms with Gasteiger partial charge in [0.1, 0.15) is 18.5 Å². The van der Waals surface area contributed by atoms with E-state index in [2.05, 4.69) is 22.3 Å². The SMILES string of the molecule is CN(CCNC(=O)CN1C(=O)/C(=C/c2ccccc2F)OC2CCCCC21)Cc1ccccc1. The summed E-state index contributed by atoms with van der Waals surface area (Å²) in [5.74, 6) is -0.870. The first-order valence-electron chi connectivity index (χ1n) is 11.9. The van der Waals surface area contributed by atoms with Crippen LogP contribution in [0.4, 0.5) is 4.39 Å². The highest BCUT2D eigenvalue weighted by Gasteiger charge is 2.42. The molecule has 0 spiro atoms. The van der Waals surface area contributed by atoms with Crippen molar-refractivity contribution < 1.29 is 18.7 Å². The van der Waals surface area contributed by atoms with Gasteiger partial charge in [0.05, 0.1) is 6.04 Å². The van der Waals surface area contributed by atoms with Gasteiger partial charge < -0.3 is 19.9 Å². The molecule has 0 bridgehead atoms. The number of fused-ring (bicyclic) bond motifs is 1. The monoisotopic (exact) mass is 465 g/mol. The van der Waals surface area contributed by atoms with Crippen molar-refractivity contribution in [3.8, 4) is 0 Å². The fourth-order valence-electron chi connectivity index (χ4n) is 4.67. The summed E-state index contributed by atoms with van der Waals surface area (Å²) in [6.07, 6.45) is 4.90. The van der Waals surface area contributed by atoms with Gasteiger partial charge in [-0.05, 0) is 44.0 Å². The molecule has 2 aliphatic rings. The third-order valence-electron chi connectivity index (χ3n) is 6.43. The molecule has 34 heavy (non-hydrogen) atoms. The number of carbonyl (C=O) groups is 2. The maximum atomic E-state index is 14.2. The topological polar surface area (TPSA) is 61.9 Å². The largest absolute Gasteiger partial charge is 0.482 e. The zero-order chi connectivity index (χ0) is 23.9. The molecule has 1 aliphatic heterocycles. The fraction of sp³-hybridized carbons (Fsp3) is 0.407. The molecule has 1 saturated carbocycles. The summed E-state index contributed by atoms with van der Waals surface area (Å²) < 4.78 is 20.2. The van der Waals surface area contributed by atoms with Gasteiger partial charge in [-0.1, -0.05) is 55.0 Å². The highest BCUT2D eigenvalue weighted by atomic mass is 19.1. The Balaban J connectivity index is 1.37. The molecule has 6 nitrogen and oxygen atoms in total. The lowest BCUT2D eigenvalue weighted by molar-refractivity contribution is -0.151. The van der Waals surface area contributed by atoms with Gasteiger partial charge in [-0.25, -0.2) is 4.39 Å². The maximum Gasteiger partial charge on any atom is 0.289 e. The molecule has 2 fully saturated rings. The molecule has 2 unspecified atom stereocenters. The number of morpholine rings is 1. The third kappa shape index (κ3) is 6.03. The summed E-state index contributed by atoms with van der Waals surface area (Å²) in [7, 11) is 2.01. The number of hydrogen-bond donors (Lipinski definition) is 1. The molecular weight excluding hydrogens is 433 g/mol. The predicted octanol–water partition coefficient (Wildman–Crippen LogP) is 3.58. The van der Waals surface area contributed by atoms with E-state index in [4.69, 9.17) is 4.74 Å². The molecule has 7 heteroatoms. The molecule has 2 atom stereocenters. The van der Waals surface area contributed by atoms with Crippen molar-refractivity contribution >= 4 is 17.9 Å². The number of ether oxygens (including phenoxy) is 1. The van der Waals surface area contributed by atoms with Crippen LogP contribution in [0.25, 0.3) is 6.08 Å². The zero-order valence-electron chi connectivity index (χ0n) is 19.6. The van der Waals surface area contributed by atoms with Crippen molar-refractivity contribution in [1.82, 2.24) is 15.1 Å². The average molecular weight is 466 g/mol. The van der Waals surface area contributed by atoms with Crippen LogP contribution in [-0.4, -0.2) is 60.4 Å². The quantitative estimate of drug-likeness (QED) is 0.606. The van der Waals surface area contributed by atoms with Crippen molar-refractivity contribution in [1.29, 1.82) is 0 Å². The van der Waals surface area contributed by atoms with Crippen LogP contribution in [0, 0.1) is 5.82 Å². The van der Waals surface area contributed by atoms with Crippen LogP contribution in [0.2, 0.25) is 0 Å². The summed E-state index contributed by atoms with van der Waals surface area (Å²) in [6, 6.07) is 16.3. The number of hydrogen-bond acceptors (Lipinski definition) is 4. The van der Waals surface area contributed by atoms with Gasteiger partial charge >= 0.3 is 0 Å². The lowest BCUT2D eigenvalue weighted by atomic mass is 9.89. The smallest absolute Gasteiger partial charge is 0.289 e. The predicted molar refractivity (Wildman–Crippen MR) is 129 cm³/mol. The van der Waals surface area contributed by atoms with E-state index in [0.29, 0.717) is 18.7 Å². The summed E-state index contributed by atoms with van der Waals surface area (Å²) in [5.41, 5.74) is 1.51. The molecule has 1 aliphatic carbocycles. The molecule has 0 radical (unpaired) electrons. The van der Waals surface area contributed by atoms with Crippen molar-refractivity contribution in [2.45, 2.75) is 44.4 Å². The first-order valence-corrected chi connectivity index (χ1v) is 11.9. The number of nitrogens with zero attached hydrogens (tertiary/aromatic N) is 2. The maximum absolute atomic E-state index is 14.2. The standard InChI is InChI=1S/C27H32FN3O3/c1-30(18-20-9-3-2-4-10-20)16-15-29-26(32)19-31-23-13-7-8-14-24(23)34-25(27(31)33)17-21-11-5-6-12-22(21)28/h2-6,9-12,17,23-24H,7-8,13-16,18-19H2,1H3,(H,29,32)/b25-17-. The summed E-state index contributed by atoms with van der Waals surface area (Å²) >= 11 is 0. The number of nitrogens with one attached hydrogen (secondary N) is 1. The number of carbonyl (C=O) groups excluding carboxylic acids is 2. The van der Waals surface area contributed by atoms with Crippen LogP contribution in [0.1, 0.15) is 36.8 Å². The van der Waals surface area contributed by atoms with Crippen molar-refractivity contribution in [2.75, 3.05) is 26.7 Å². The second kappa shape index (κ2) is 11.3. The van der Waals surface area contributed by atoms with Gasteiger partial charge in [0.2, 0.25) is 5.91 Å². The minimum absolute atomic E-state index is 0.0274. The molecular formula is C27H32FN3O3. The first kappa shape index (κ1) is 24.0. The number of halogens is 1. The van der Waals surface area contributed by atoms with E-state index in [-0.39, 0.29) is 36.3 Å². The Labute approximate surface area is 200 Å². The highest BCUT2D eigenvalue weighted by molar-refractivity contribution is 5.98. The minimum Gasteiger partial charge on any atom is -0.482 e. The van der Waals surface area contributed by atoms with Crippen molar-refractivity contribution in [3.05, 3.63) is 77.3 Å². The minimum atomic E-state index is -0.416. The Morgan fingerprint density at radius 1 is 1.15 bits per heavy atom. The van der Waals surface area contributed by atoms with Gasteiger partial charge in [-0.2, -0.15) is 0 Å². The molecule has 1 saturated heterocycles. The van der Waals surface area contributed by atoms with E-state index in [0.717, 1.165) is 32.2 Å². The van der Waals surface area contributed by atoms with Crippen LogP contribution in [-0.2, 0) is 20.9 Å². The fourth-order valence-corrected chi connectivity index (χ4v) is 4.67. The number of rotatable bonds is 8. The van der Waals surface area contributed by atoms with Crippen LogP contribution in [0.15, 0.2) is 60.4 Å². The van der Waals surface area contributed by atoms with E-state index >= 15 is 0 Å². The number of amides is 2. The average Bonchev–Trinajstić information content (AvgIpc) is 2.83. The molecule has 2 aromatic carbocycles. The third-order valence-corrected chi connectivity index (χ3v) is 6.43. The van der Waals surface area contributed by atoms with Crippen LogP contribution < -0.4 is 5.32 Å². The van der Waals surface area contributed by atoms with E-state index in [1.807, 2.05) is 25.2 Å². The highest BCUT2D eigenvalue weighted by Crippen LogP contribution is 2.33. The Kier molecular flexibility index (Phi) is 7.95. The Morgan fingerprint density at radius 2 is 1.88 bits per heavy atom. The number of benzene rings is 2. The Hall–Kier alpha value is -3.19. The molecule has 1 N–H and O–H groups in total. The van der Waals surface area contributed by atoms with E-state index < -0.39 is 5.82 Å². The Bertz CT molecular complexity index is 1030.